The van der Waals surface area contributed by atoms with Gasteiger partial charge in [0.2, 0.25) is 0 Å². The summed E-state index contributed by atoms with van der Waals surface area (Å²) in [5, 5.41) is 3.30. The smallest absolute Gasteiger partial charge is 0.126 e. The molecule has 0 aromatic heterocycles. The molecule has 2 atom stereocenters. The second-order valence-electron chi connectivity index (χ2n) is 6.17. The van der Waals surface area contributed by atoms with Crippen LogP contribution in [0.15, 0.2) is 12.1 Å². The molecule has 2 nitrogen and oxygen atoms in total. The van der Waals surface area contributed by atoms with Gasteiger partial charge in [0.25, 0.3) is 0 Å². The molecule has 0 amide bonds. The third-order valence-corrected chi connectivity index (χ3v) is 4.49. The number of rotatable bonds is 4. The van der Waals surface area contributed by atoms with Crippen LogP contribution in [0.5, 0.6) is 5.75 Å². The van der Waals surface area contributed by atoms with Gasteiger partial charge in [0.05, 0.1) is 6.10 Å². The maximum atomic E-state index is 6.35. The molecule has 2 unspecified atom stereocenters. The summed E-state index contributed by atoms with van der Waals surface area (Å²) in [4.78, 5) is 0. The predicted molar refractivity (Wildman–Crippen MR) is 80.3 cm³/mol. The Kier molecular flexibility index (Phi) is 3.42. The van der Waals surface area contributed by atoms with Crippen molar-refractivity contribution >= 4 is 5.69 Å². The molecule has 0 saturated heterocycles. The van der Waals surface area contributed by atoms with E-state index in [4.69, 9.17) is 4.74 Å². The third kappa shape index (κ3) is 2.45. The molecule has 1 heterocycles. The first-order valence-corrected chi connectivity index (χ1v) is 7.75. The summed E-state index contributed by atoms with van der Waals surface area (Å²) in [7, 11) is 2.01. The highest BCUT2D eigenvalue weighted by Crippen LogP contribution is 2.50. The van der Waals surface area contributed by atoms with Gasteiger partial charge in [-0.15, -0.1) is 0 Å². The molecule has 3 rings (SSSR count). The van der Waals surface area contributed by atoms with E-state index in [0.717, 1.165) is 12.3 Å². The zero-order valence-electron chi connectivity index (χ0n) is 12.3. The summed E-state index contributed by atoms with van der Waals surface area (Å²) in [5.74, 6) is 2.58. The van der Waals surface area contributed by atoms with Crippen LogP contribution in [0.1, 0.15) is 68.9 Å². The maximum absolute atomic E-state index is 6.35. The van der Waals surface area contributed by atoms with Crippen LogP contribution in [0, 0.1) is 0 Å². The van der Waals surface area contributed by atoms with E-state index in [2.05, 4.69) is 31.3 Å². The molecule has 1 saturated carbocycles. The normalized spacial score (nSPS) is 25.6. The van der Waals surface area contributed by atoms with Crippen LogP contribution >= 0.6 is 0 Å². The summed E-state index contributed by atoms with van der Waals surface area (Å²) in [6.07, 6.45) is 6.64. The number of hydrogen-bond donors (Lipinski definition) is 1. The lowest BCUT2D eigenvalue weighted by atomic mass is 9.87. The standard InChI is InChI=1S/C17H25NO/c1-4-5-14-8-11(2)15-9-13(18-3)10-16(12-6-7-12)17(15)19-14/h9-12,14,18H,4-8H2,1-3H3. The summed E-state index contributed by atoms with van der Waals surface area (Å²) >= 11 is 0. The van der Waals surface area contributed by atoms with Gasteiger partial charge in [0, 0.05) is 12.7 Å². The number of benzene rings is 1. The number of anilines is 1. The number of hydrogen-bond acceptors (Lipinski definition) is 2. The Morgan fingerprint density at radius 2 is 2.00 bits per heavy atom. The molecule has 2 aliphatic rings. The zero-order chi connectivity index (χ0) is 13.4. The SMILES string of the molecule is CCCC1CC(C)c2cc(NC)cc(C3CC3)c2O1. The topological polar surface area (TPSA) is 21.3 Å². The van der Waals surface area contributed by atoms with Gasteiger partial charge in [-0.05, 0) is 60.8 Å². The summed E-state index contributed by atoms with van der Waals surface area (Å²) in [5.41, 5.74) is 4.11. The van der Waals surface area contributed by atoms with Crippen molar-refractivity contribution in [1.82, 2.24) is 0 Å². The average molecular weight is 259 g/mol. The Hall–Kier alpha value is -1.18. The van der Waals surface area contributed by atoms with Gasteiger partial charge in [0.15, 0.2) is 0 Å². The number of fused-ring (bicyclic) bond motifs is 1. The van der Waals surface area contributed by atoms with E-state index in [9.17, 15) is 0 Å². The molecule has 0 spiro atoms. The molecule has 1 N–H and O–H groups in total. The average Bonchev–Trinajstić information content (AvgIpc) is 3.22. The van der Waals surface area contributed by atoms with Gasteiger partial charge in [0.1, 0.15) is 5.75 Å². The molecule has 2 heteroatoms. The van der Waals surface area contributed by atoms with E-state index in [1.165, 1.54) is 48.2 Å². The second-order valence-corrected chi connectivity index (χ2v) is 6.17. The van der Waals surface area contributed by atoms with E-state index in [1.807, 2.05) is 7.05 Å². The van der Waals surface area contributed by atoms with Crippen molar-refractivity contribution in [3.8, 4) is 5.75 Å². The van der Waals surface area contributed by atoms with Crippen LogP contribution in [-0.4, -0.2) is 13.2 Å². The Bertz CT molecular complexity index is 447. The van der Waals surface area contributed by atoms with Crippen molar-refractivity contribution in [3.63, 3.8) is 0 Å². The van der Waals surface area contributed by atoms with Crippen molar-refractivity contribution in [2.45, 2.75) is 63.9 Å². The van der Waals surface area contributed by atoms with Crippen molar-refractivity contribution in [2.75, 3.05) is 12.4 Å². The molecule has 1 aromatic rings. The first-order chi connectivity index (χ1) is 9.22. The fourth-order valence-electron chi connectivity index (χ4n) is 3.25. The Morgan fingerprint density at radius 3 is 2.63 bits per heavy atom. The largest absolute Gasteiger partial charge is 0.490 e. The first-order valence-electron chi connectivity index (χ1n) is 7.75. The minimum Gasteiger partial charge on any atom is -0.490 e. The van der Waals surface area contributed by atoms with Crippen LogP contribution < -0.4 is 10.1 Å². The van der Waals surface area contributed by atoms with E-state index < -0.39 is 0 Å². The van der Waals surface area contributed by atoms with Gasteiger partial charge in [-0.3, -0.25) is 0 Å². The van der Waals surface area contributed by atoms with Gasteiger partial charge in [-0.1, -0.05) is 20.3 Å². The minimum absolute atomic E-state index is 0.422. The second kappa shape index (κ2) is 5.07. The van der Waals surface area contributed by atoms with Crippen LogP contribution in [0.3, 0.4) is 0 Å². The predicted octanol–water partition coefficient (Wildman–Crippen LogP) is 4.66. The van der Waals surface area contributed by atoms with E-state index in [0.29, 0.717) is 12.0 Å². The highest BCUT2D eigenvalue weighted by atomic mass is 16.5. The molecule has 0 radical (unpaired) electrons. The van der Waals surface area contributed by atoms with Crippen molar-refractivity contribution in [1.29, 1.82) is 0 Å². The molecule has 19 heavy (non-hydrogen) atoms. The summed E-state index contributed by atoms with van der Waals surface area (Å²) in [6, 6.07) is 4.59. The Labute approximate surface area is 116 Å². The van der Waals surface area contributed by atoms with Crippen LogP contribution in [0.2, 0.25) is 0 Å². The van der Waals surface area contributed by atoms with E-state index in [-0.39, 0.29) is 0 Å². The molecule has 0 bridgehead atoms. The lowest BCUT2D eigenvalue weighted by Crippen LogP contribution is -2.25. The van der Waals surface area contributed by atoms with Crippen molar-refractivity contribution in [3.05, 3.63) is 23.3 Å². The zero-order valence-corrected chi connectivity index (χ0v) is 12.3. The van der Waals surface area contributed by atoms with E-state index >= 15 is 0 Å². The molecule has 1 aromatic carbocycles. The Balaban J connectivity index is 1.99. The molecular formula is C17H25NO. The fraction of sp³-hybridized carbons (Fsp3) is 0.647. The lowest BCUT2D eigenvalue weighted by Gasteiger charge is -2.32. The van der Waals surface area contributed by atoms with Crippen molar-refractivity contribution < 1.29 is 4.74 Å². The highest BCUT2D eigenvalue weighted by Gasteiger charge is 2.33. The van der Waals surface area contributed by atoms with Gasteiger partial charge in [-0.25, -0.2) is 0 Å². The minimum atomic E-state index is 0.422. The quantitative estimate of drug-likeness (QED) is 0.849. The highest BCUT2D eigenvalue weighted by molar-refractivity contribution is 5.59. The van der Waals surface area contributed by atoms with Crippen LogP contribution in [0.25, 0.3) is 0 Å². The fourth-order valence-corrected chi connectivity index (χ4v) is 3.25. The first kappa shape index (κ1) is 12.8. The monoisotopic (exact) mass is 259 g/mol. The van der Waals surface area contributed by atoms with Crippen LogP contribution in [-0.2, 0) is 0 Å². The lowest BCUT2D eigenvalue weighted by molar-refractivity contribution is 0.149. The number of nitrogens with one attached hydrogen (secondary N) is 1. The van der Waals surface area contributed by atoms with Crippen molar-refractivity contribution in [2.24, 2.45) is 0 Å². The van der Waals surface area contributed by atoms with Gasteiger partial charge >= 0.3 is 0 Å². The number of ether oxygens (including phenoxy) is 1. The third-order valence-electron chi connectivity index (χ3n) is 4.49. The molecular weight excluding hydrogens is 234 g/mol. The molecule has 104 valence electrons. The molecule has 1 aliphatic heterocycles. The van der Waals surface area contributed by atoms with Gasteiger partial charge in [-0.2, -0.15) is 0 Å². The summed E-state index contributed by atoms with van der Waals surface area (Å²) in [6.45, 7) is 4.59. The maximum Gasteiger partial charge on any atom is 0.126 e. The Morgan fingerprint density at radius 1 is 1.26 bits per heavy atom. The van der Waals surface area contributed by atoms with E-state index in [1.54, 1.807) is 0 Å². The van der Waals surface area contributed by atoms with Gasteiger partial charge < -0.3 is 10.1 Å². The summed E-state index contributed by atoms with van der Waals surface area (Å²) < 4.78 is 6.35. The molecule has 1 fully saturated rings. The molecule has 1 aliphatic carbocycles. The van der Waals surface area contributed by atoms with Crippen LogP contribution in [0.4, 0.5) is 5.69 Å².